The molecule has 2 unspecified atom stereocenters. The van der Waals surface area contributed by atoms with Gasteiger partial charge in [0.15, 0.2) is 0 Å². The molecular weight excluding hydrogens is 672 g/mol. The first kappa shape index (κ1) is 39.5. The SMILES string of the molecule is CC(C)(C)OC(=O)NCC1(CNC(=O)OC(C)(C)C)C=CC=CC1CN(Cc1nc2ccccc2n1C(=O)OC(C)(C)C)C1CCCc2cccnc21. The maximum absolute atomic E-state index is 13.8. The molecule has 2 amide bonds. The fourth-order valence-corrected chi connectivity index (χ4v) is 6.92. The Kier molecular flexibility index (Phi) is 11.7. The number of carbonyl (C=O) groups is 3. The maximum Gasteiger partial charge on any atom is 0.420 e. The standard InChI is InChI=1S/C41H56N6O6/c1-38(2,3)51-35(48)43-26-41(27-44-36(49)52-39(4,5)6)22-13-12-18-29(41)24-46(32-21-14-16-28-17-15-23-42-34(28)32)25-33-45-30-19-10-11-20-31(30)47(33)37(50)53-40(7,8)9/h10-13,15,17-20,22-23,29,32H,14,16,21,24-27H2,1-9H3,(H,43,48)(H,44,49). The fraction of sp³-hybridized carbons (Fsp3) is 0.537. The maximum atomic E-state index is 13.8. The number of hydrogen-bond acceptors (Lipinski definition) is 9. The zero-order valence-corrected chi connectivity index (χ0v) is 32.7. The van der Waals surface area contributed by atoms with Gasteiger partial charge in [-0.3, -0.25) is 9.88 Å². The van der Waals surface area contributed by atoms with E-state index in [0.717, 1.165) is 25.0 Å². The second kappa shape index (κ2) is 15.7. The first-order chi connectivity index (χ1) is 24.8. The Balaban J connectivity index is 1.56. The quantitative estimate of drug-likeness (QED) is 0.211. The van der Waals surface area contributed by atoms with E-state index in [-0.39, 0.29) is 25.0 Å². The molecule has 0 saturated heterocycles. The lowest BCUT2D eigenvalue weighted by Crippen LogP contribution is -2.52. The third kappa shape index (κ3) is 10.5. The number of rotatable bonds is 9. The summed E-state index contributed by atoms with van der Waals surface area (Å²) in [7, 11) is 0. The van der Waals surface area contributed by atoms with Crippen molar-refractivity contribution in [1.29, 1.82) is 0 Å². The van der Waals surface area contributed by atoms with Crippen molar-refractivity contribution in [2.24, 2.45) is 11.3 Å². The van der Waals surface area contributed by atoms with Crippen molar-refractivity contribution >= 4 is 29.3 Å². The number of pyridine rings is 1. The number of aryl methyl sites for hydroxylation is 1. The lowest BCUT2D eigenvalue weighted by Gasteiger charge is -2.43. The number of allylic oxidation sites excluding steroid dienone is 2. The zero-order chi connectivity index (χ0) is 38.6. The molecule has 12 heteroatoms. The molecule has 53 heavy (non-hydrogen) atoms. The average Bonchev–Trinajstić information content (AvgIpc) is 3.42. The third-order valence-electron chi connectivity index (χ3n) is 9.13. The number of nitrogens with one attached hydrogen (secondary N) is 2. The Morgan fingerprint density at radius 2 is 1.51 bits per heavy atom. The van der Waals surface area contributed by atoms with E-state index in [1.54, 1.807) is 4.57 Å². The summed E-state index contributed by atoms with van der Waals surface area (Å²) in [5.74, 6) is 0.314. The number of benzene rings is 1. The normalized spacial score (nSPS) is 18.4. The summed E-state index contributed by atoms with van der Waals surface area (Å²) in [5, 5.41) is 5.97. The smallest absolute Gasteiger partial charge is 0.420 e. The summed E-state index contributed by atoms with van der Waals surface area (Å²) in [4.78, 5) is 52.2. The summed E-state index contributed by atoms with van der Waals surface area (Å²) >= 11 is 0. The molecule has 0 bridgehead atoms. The molecule has 12 nitrogen and oxygen atoms in total. The predicted molar refractivity (Wildman–Crippen MR) is 204 cm³/mol. The molecule has 2 aliphatic carbocycles. The van der Waals surface area contributed by atoms with Gasteiger partial charge in [0, 0.05) is 37.2 Å². The van der Waals surface area contributed by atoms with Crippen LogP contribution in [0.2, 0.25) is 0 Å². The summed E-state index contributed by atoms with van der Waals surface area (Å²) in [6.07, 6.45) is 11.0. The van der Waals surface area contributed by atoms with Crippen LogP contribution in [0.5, 0.6) is 0 Å². The van der Waals surface area contributed by atoms with E-state index in [1.807, 2.05) is 117 Å². The van der Waals surface area contributed by atoms with Crippen LogP contribution in [0.15, 0.2) is 66.9 Å². The molecule has 2 N–H and O–H groups in total. The summed E-state index contributed by atoms with van der Waals surface area (Å²) < 4.78 is 18.7. The number of aromatic nitrogens is 3. The Morgan fingerprint density at radius 3 is 2.15 bits per heavy atom. The Bertz CT molecular complexity index is 1810. The molecule has 0 fully saturated rings. The largest absolute Gasteiger partial charge is 0.444 e. The van der Waals surface area contributed by atoms with Gasteiger partial charge in [-0.25, -0.2) is 23.9 Å². The molecule has 0 radical (unpaired) electrons. The van der Waals surface area contributed by atoms with Crippen molar-refractivity contribution < 1.29 is 28.6 Å². The number of imidazole rings is 1. The predicted octanol–water partition coefficient (Wildman–Crippen LogP) is 7.87. The van der Waals surface area contributed by atoms with Crippen LogP contribution in [0, 0.1) is 11.3 Å². The number of fused-ring (bicyclic) bond motifs is 2. The molecule has 2 heterocycles. The van der Waals surface area contributed by atoms with Gasteiger partial charge in [-0.05, 0) is 105 Å². The van der Waals surface area contributed by atoms with Crippen molar-refractivity contribution in [3.05, 3.63) is 84.0 Å². The van der Waals surface area contributed by atoms with Crippen LogP contribution in [0.4, 0.5) is 14.4 Å². The second-order valence-corrected chi connectivity index (χ2v) is 17.0. The van der Waals surface area contributed by atoms with Crippen molar-refractivity contribution in [1.82, 2.24) is 30.1 Å². The number of amides is 2. The van der Waals surface area contributed by atoms with E-state index in [9.17, 15) is 14.4 Å². The molecule has 0 saturated carbocycles. The first-order valence-electron chi connectivity index (χ1n) is 18.5. The average molecular weight is 729 g/mol. The monoisotopic (exact) mass is 728 g/mol. The van der Waals surface area contributed by atoms with Gasteiger partial charge in [0.2, 0.25) is 0 Å². The van der Waals surface area contributed by atoms with Crippen LogP contribution in [0.3, 0.4) is 0 Å². The topological polar surface area (TPSA) is 137 Å². The van der Waals surface area contributed by atoms with Crippen molar-refractivity contribution in [2.45, 2.75) is 111 Å². The van der Waals surface area contributed by atoms with E-state index in [1.165, 1.54) is 5.56 Å². The Hall–Kier alpha value is -4.71. The minimum absolute atomic E-state index is 0.0958. The van der Waals surface area contributed by atoms with Gasteiger partial charge in [-0.15, -0.1) is 0 Å². The van der Waals surface area contributed by atoms with E-state index in [0.29, 0.717) is 29.9 Å². The number of nitrogens with zero attached hydrogens (tertiary/aromatic N) is 4. The van der Waals surface area contributed by atoms with Crippen LogP contribution in [-0.2, 0) is 27.2 Å². The van der Waals surface area contributed by atoms with Gasteiger partial charge in [0.25, 0.3) is 0 Å². The fourth-order valence-electron chi connectivity index (χ4n) is 6.92. The molecule has 2 atom stereocenters. The van der Waals surface area contributed by atoms with Crippen LogP contribution in [0.25, 0.3) is 11.0 Å². The Labute approximate surface area is 313 Å². The second-order valence-electron chi connectivity index (χ2n) is 17.0. The number of carbonyl (C=O) groups excluding carboxylic acids is 3. The van der Waals surface area contributed by atoms with Crippen LogP contribution in [-0.4, -0.2) is 74.2 Å². The highest BCUT2D eigenvalue weighted by molar-refractivity contribution is 5.87. The summed E-state index contributed by atoms with van der Waals surface area (Å²) in [5.41, 5.74) is 0.666. The van der Waals surface area contributed by atoms with Gasteiger partial charge in [-0.2, -0.15) is 0 Å². The third-order valence-corrected chi connectivity index (χ3v) is 9.13. The summed E-state index contributed by atoms with van der Waals surface area (Å²) in [6.45, 7) is 17.6. The van der Waals surface area contributed by atoms with Gasteiger partial charge < -0.3 is 24.8 Å². The van der Waals surface area contributed by atoms with Crippen molar-refractivity contribution in [3.63, 3.8) is 0 Å². The van der Waals surface area contributed by atoms with Crippen molar-refractivity contribution in [3.8, 4) is 0 Å². The highest BCUT2D eigenvalue weighted by atomic mass is 16.6. The molecule has 2 aromatic heterocycles. The number of ether oxygens (including phenoxy) is 3. The highest BCUT2D eigenvalue weighted by Crippen LogP contribution is 2.39. The van der Waals surface area contributed by atoms with Gasteiger partial charge in [0.1, 0.15) is 22.6 Å². The number of para-hydroxylation sites is 2. The van der Waals surface area contributed by atoms with E-state index >= 15 is 0 Å². The van der Waals surface area contributed by atoms with Gasteiger partial charge >= 0.3 is 18.3 Å². The van der Waals surface area contributed by atoms with Crippen molar-refractivity contribution in [2.75, 3.05) is 19.6 Å². The zero-order valence-electron chi connectivity index (χ0n) is 32.7. The van der Waals surface area contributed by atoms with Gasteiger partial charge in [0.05, 0.1) is 29.3 Å². The van der Waals surface area contributed by atoms with Crippen LogP contribution < -0.4 is 10.6 Å². The highest BCUT2D eigenvalue weighted by Gasteiger charge is 2.41. The molecule has 0 spiro atoms. The van der Waals surface area contributed by atoms with Crippen LogP contribution in [0.1, 0.15) is 98.3 Å². The lowest BCUT2D eigenvalue weighted by atomic mass is 9.71. The van der Waals surface area contributed by atoms with E-state index < -0.39 is 40.5 Å². The molecule has 2 aliphatic rings. The van der Waals surface area contributed by atoms with E-state index in [4.69, 9.17) is 24.2 Å². The molecule has 1 aromatic carbocycles. The molecule has 5 rings (SSSR count). The minimum atomic E-state index is -0.784. The first-order valence-corrected chi connectivity index (χ1v) is 18.5. The van der Waals surface area contributed by atoms with Crippen LogP contribution >= 0.6 is 0 Å². The lowest BCUT2D eigenvalue weighted by molar-refractivity contribution is 0.0447. The number of alkyl carbamates (subject to hydrolysis) is 2. The number of hydrogen-bond donors (Lipinski definition) is 2. The molecule has 0 aliphatic heterocycles. The molecule has 286 valence electrons. The van der Waals surface area contributed by atoms with Gasteiger partial charge in [-0.1, -0.05) is 42.5 Å². The molecular formula is C41H56N6O6. The molecule has 3 aromatic rings. The van der Waals surface area contributed by atoms with E-state index in [2.05, 4.69) is 27.7 Å². The Morgan fingerprint density at radius 1 is 0.868 bits per heavy atom. The minimum Gasteiger partial charge on any atom is -0.444 e. The summed E-state index contributed by atoms with van der Waals surface area (Å²) in [6, 6.07) is 11.6.